The Morgan fingerprint density at radius 2 is 1.69 bits per heavy atom. The smallest absolute Gasteiger partial charge is 0.309 e. The molecular weight excluding hydrogens is 452 g/mol. The number of imidazole rings is 1. The summed E-state index contributed by atoms with van der Waals surface area (Å²) in [6.07, 6.45) is 1.82. The van der Waals surface area contributed by atoms with Gasteiger partial charge in [-0.25, -0.2) is 18.7 Å². The number of halogens is 2. The van der Waals surface area contributed by atoms with E-state index in [-0.39, 0.29) is 24.3 Å². The van der Waals surface area contributed by atoms with Gasteiger partial charge in [0.1, 0.15) is 28.8 Å². The van der Waals surface area contributed by atoms with Crippen LogP contribution in [0.3, 0.4) is 0 Å². The van der Waals surface area contributed by atoms with E-state index in [1.165, 1.54) is 25.1 Å². The highest BCUT2D eigenvalue weighted by atomic mass is 19.1. The molecule has 2 aromatic carbocycles. The third-order valence-electron chi connectivity index (χ3n) is 5.55. The van der Waals surface area contributed by atoms with Crippen LogP contribution in [0.25, 0.3) is 16.9 Å². The maximum atomic E-state index is 14.5. The van der Waals surface area contributed by atoms with Gasteiger partial charge in [0.25, 0.3) is 0 Å². The van der Waals surface area contributed by atoms with Gasteiger partial charge in [-0.15, -0.1) is 0 Å². The van der Waals surface area contributed by atoms with Crippen LogP contribution in [0, 0.1) is 18.6 Å². The summed E-state index contributed by atoms with van der Waals surface area (Å²) in [5.74, 6) is -0.292. The van der Waals surface area contributed by atoms with Crippen LogP contribution in [0.2, 0.25) is 0 Å². The van der Waals surface area contributed by atoms with Gasteiger partial charge in [0.2, 0.25) is 5.88 Å². The number of aryl methyl sites for hydroxylation is 1. The van der Waals surface area contributed by atoms with Crippen molar-refractivity contribution >= 4 is 11.6 Å². The molecule has 3 aromatic heterocycles. The molecule has 35 heavy (non-hydrogen) atoms. The normalized spacial score (nSPS) is 11.2. The molecule has 6 nitrogen and oxygen atoms in total. The lowest BCUT2D eigenvalue weighted by molar-refractivity contribution is -0.132. The molecule has 0 bridgehead atoms. The number of carbonyl (C=O) groups excluding carboxylic acids is 1. The molecule has 0 aliphatic rings. The van der Waals surface area contributed by atoms with Crippen molar-refractivity contribution in [3.05, 3.63) is 107 Å². The Bertz CT molecular complexity index is 1520. The van der Waals surface area contributed by atoms with Crippen LogP contribution in [0.4, 0.5) is 8.78 Å². The number of hydrogen-bond acceptors (Lipinski definition) is 5. The highest BCUT2D eigenvalue weighted by molar-refractivity contribution is 5.70. The standard InChI is InChI=1S/C27H21F2N3O3/c1-16-11-12-19(34-16)13-24-27(35-17(2)33)32-15-25(18-7-4-3-5-8-18)30-23(26(32)31-24)14-20-21(28)9-6-10-22(20)29/h3-12,15H,13-14H2,1-2H3. The van der Waals surface area contributed by atoms with Gasteiger partial charge in [-0.2, -0.15) is 0 Å². The molecule has 0 N–H and O–H groups in total. The summed E-state index contributed by atoms with van der Waals surface area (Å²) < 4.78 is 41.9. The predicted octanol–water partition coefficient (Wildman–Crippen LogP) is 5.68. The molecule has 0 radical (unpaired) electrons. The number of furan rings is 1. The molecule has 3 heterocycles. The summed E-state index contributed by atoms with van der Waals surface area (Å²) in [5, 5.41) is 0. The van der Waals surface area contributed by atoms with Gasteiger partial charge in [0.05, 0.1) is 17.8 Å². The summed E-state index contributed by atoms with van der Waals surface area (Å²) >= 11 is 0. The van der Waals surface area contributed by atoms with E-state index >= 15 is 0 Å². The van der Waals surface area contributed by atoms with Gasteiger partial charge in [-0.05, 0) is 31.2 Å². The van der Waals surface area contributed by atoms with Gasteiger partial charge in [-0.3, -0.25) is 9.20 Å². The predicted molar refractivity (Wildman–Crippen MR) is 125 cm³/mol. The fourth-order valence-electron chi connectivity index (χ4n) is 3.97. The van der Waals surface area contributed by atoms with E-state index in [4.69, 9.17) is 14.1 Å². The van der Waals surface area contributed by atoms with Crippen molar-refractivity contribution in [3.8, 4) is 17.1 Å². The van der Waals surface area contributed by atoms with Gasteiger partial charge in [0.15, 0.2) is 5.65 Å². The van der Waals surface area contributed by atoms with E-state index in [0.717, 1.165) is 11.3 Å². The average Bonchev–Trinajstić information content (AvgIpc) is 3.40. The lowest BCUT2D eigenvalue weighted by Gasteiger charge is -2.10. The van der Waals surface area contributed by atoms with Crippen molar-refractivity contribution in [2.75, 3.05) is 0 Å². The lowest BCUT2D eigenvalue weighted by Crippen LogP contribution is -2.08. The molecule has 0 saturated heterocycles. The summed E-state index contributed by atoms with van der Waals surface area (Å²) in [7, 11) is 0. The molecule has 5 rings (SSSR count). The van der Waals surface area contributed by atoms with Crippen LogP contribution in [0.1, 0.15) is 35.4 Å². The topological polar surface area (TPSA) is 69.6 Å². The van der Waals surface area contributed by atoms with Crippen molar-refractivity contribution in [1.29, 1.82) is 0 Å². The molecule has 0 unspecified atom stereocenters. The van der Waals surface area contributed by atoms with Crippen molar-refractivity contribution < 1.29 is 22.7 Å². The Kier molecular flexibility index (Phi) is 5.86. The van der Waals surface area contributed by atoms with Crippen molar-refractivity contribution in [2.24, 2.45) is 0 Å². The number of rotatable bonds is 6. The first kappa shape index (κ1) is 22.5. The van der Waals surface area contributed by atoms with E-state index < -0.39 is 17.6 Å². The van der Waals surface area contributed by atoms with Crippen LogP contribution in [0.5, 0.6) is 5.88 Å². The second-order valence-electron chi connectivity index (χ2n) is 8.16. The summed E-state index contributed by atoms with van der Waals surface area (Å²) in [4.78, 5) is 21.4. The molecule has 8 heteroatoms. The number of aromatic nitrogens is 3. The molecule has 0 saturated carbocycles. The second-order valence-corrected chi connectivity index (χ2v) is 8.16. The van der Waals surface area contributed by atoms with E-state index in [2.05, 4.69) is 4.98 Å². The van der Waals surface area contributed by atoms with E-state index in [1.54, 1.807) is 10.6 Å². The average molecular weight is 473 g/mol. The first-order valence-electron chi connectivity index (χ1n) is 11.0. The highest BCUT2D eigenvalue weighted by Gasteiger charge is 2.23. The molecule has 0 aliphatic carbocycles. The third kappa shape index (κ3) is 4.55. The first-order valence-corrected chi connectivity index (χ1v) is 11.0. The summed E-state index contributed by atoms with van der Waals surface area (Å²) in [6.45, 7) is 3.13. The Hall–Kier alpha value is -4.33. The van der Waals surface area contributed by atoms with E-state index in [1.807, 2.05) is 49.4 Å². The van der Waals surface area contributed by atoms with Gasteiger partial charge in [-0.1, -0.05) is 36.4 Å². The van der Waals surface area contributed by atoms with Crippen LogP contribution in [0.15, 0.2) is 71.3 Å². The zero-order valence-electron chi connectivity index (χ0n) is 19.1. The van der Waals surface area contributed by atoms with Crippen molar-refractivity contribution in [3.63, 3.8) is 0 Å². The second kappa shape index (κ2) is 9.13. The highest BCUT2D eigenvalue weighted by Crippen LogP contribution is 2.30. The van der Waals surface area contributed by atoms with Crippen LogP contribution < -0.4 is 4.74 Å². The van der Waals surface area contributed by atoms with E-state index in [0.29, 0.717) is 28.5 Å². The monoisotopic (exact) mass is 473 g/mol. The minimum atomic E-state index is -0.673. The maximum Gasteiger partial charge on any atom is 0.309 e. The molecule has 176 valence electrons. The number of hydrogen-bond donors (Lipinski definition) is 0. The van der Waals surface area contributed by atoms with Gasteiger partial charge >= 0.3 is 5.97 Å². The minimum Gasteiger partial charge on any atom is -0.466 e. The Balaban J connectivity index is 1.74. The Morgan fingerprint density at radius 1 is 0.943 bits per heavy atom. The van der Waals surface area contributed by atoms with E-state index in [9.17, 15) is 13.6 Å². The molecule has 5 aromatic rings. The molecule has 0 amide bonds. The SMILES string of the molecule is CC(=O)Oc1c(Cc2ccc(C)o2)nc2c(Cc3c(F)cccc3F)nc(-c3ccccc3)cn12. The minimum absolute atomic E-state index is 0.118. The maximum absolute atomic E-state index is 14.5. The molecule has 0 atom stereocenters. The van der Waals surface area contributed by atoms with Crippen molar-refractivity contribution in [1.82, 2.24) is 14.4 Å². The van der Waals surface area contributed by atoms with Crippen LogP contribution >= 0.6 is 0 Å². The van der Waals surface area contributed by atoms with Crippen molar-refractivity contribution in [2.45, 2.75) is 26.7 Å². The molecular formula is C27H21F2N3O3. The zero-order chi connectivity index (χ0) is 24.5. The van der Waals surface area contributed by atoms with Crippen LogP contribution in [-0.4, -0.2) is 20.3 Å². The van der Waals surface area contributed by atoms with Gasteiger partial charge in [0, 0.05) is 30.7 Å². The fraction of sp³-hybridized carbons (Fsp3) is 0.148. The number of nitrogens with zero attached hydrogens (tertiary/aromatic N) is 3. The number of fused-ring (bicyclic) bond motifs is 1. The number of esters is 1. The number of carbonyl (C=O) groups is 1. The number of ether oxygens (including phenoxy) is 1. The number of benzene rings is 2. The Labute approximate surface area is 199 Å². The van der Waals surface area contributed by atoms with Crippen LogP contribution in [-0.2, 0) is 17.6 Å². The lowest BCUT2D eigenvalue weighted by atomic mass is 10.1. The quantitative estimate of drug-likeness (QED) is 0.297. The molecule has 0 fully saturated rings. The summed E-state index contributed by atoms with van der Waals surface area (Å²) in [5.41, 5.74) is 2.32. The fourth-order valence-corrected chi connectivity index (χ4v) is 3.97. The first-order chi connectivity index (χ1) is 16.9. The third-order valence-corrected chi connectivity index (χ3v) is 5.55. The van der Waals surface area contributed by atoms with Gasteiger partial charge < -0.3 is 9.15 Å². The zero-order valence-corrected chi connectivity index (χ0v) is 19.1. The molecule has 0 spiro atoms. The molecule has 0 aliphatic heterocycles. The summed E-state index contributed by atoms with van der Waals surface area (Å²) in [6, 6.07) is 16.7. The largest absolute Gasteiger partial charge is 0.466 e. The Morgan fingerprint density at radius 3 is 2.34 bits per heavy atom.